The number of amides is 1. The lowest BCUT2D eigenvalue weighted by Crippen LogP contribution is -2.52. The number of benzene rings is 3. The first kappa shape index (κ1) is 32.7. The molecule has 3 aromatic carbocycles. The van der Waals surface area contributed by atoms with E-state index in [1.54, 1.807) is 57.2 Å². The molecule has 0 spiro atoms. The third kappa shape index (κ3) is 7.25. The number of alkyl halides is 3. The second-order valence-electron chi connectivity index (χ2n) is 11.5. The summed E-state index contributed by atoms with van der Waals surface area (Å²) in [6, 6.07) is 15.6. The lowest BCUT2D eigenvalue weighted by Gasteiger charge is -2.39. The predicted octanol–water partition coefficient (Wildman–Crippen LogP) is 7.49. The Morgan fingerprint density at radius 1 is 0.956 bits per heavy atom. The number of aliphatic hydroxyl groups is 1. The van der Waals surface area contributed by atoms with Gasteiger partial charge >= 0.3 is 28.5 Å². The number of sulfonamides is 1. The van der Waals surface area contributed by atoms with Crippen molar-refractivity contribution in [2.75, 3.05) is 13.1 Å². The van der Waals surface area contributed by atoms with E-state index in [1.165, 1.54) is 4.90 Å². The highest BCUT2D eigenvalue weighted by molar-refractivity contribution is 7.93. The van der Waals surface area contributed by atoms with Gasteiger partial charge < -0.3 is 24.0 Å². The zero-order valence-corrected chi connectivity index (χ0v) is 26.4. The van der Waals surface area contributed by atoms with Crippen molar-refractivity contribution < 1.29 is 41.0 Å². The van der Waals surface area contributed by atoms with E-state index in [9.17, 15) is 31.5 Å². The fraction of sp³-hybridized carbons (Fsp3) is 0.333. The molecule has 3 atom stereocenters. The van der Waals surface area contributed by atoms with Gasteiger partial charge in [0.25, 0.3) is 0 Å². The van der Waals surface area contributed by atoms with Crippen molar-refractivity contribution in [3.8, 4) is 11.8 Å². The minimum absolute atomic E-state index is 0.00812. The van der Waals surface area contributed by atoms with Gasteiger partial charge in [-0.05, 0) is 81.4 Å². The lowest BCUT2D eigenvalue weighted by atomic mass is 9.91. The Balaban J connectivity index is 1.56. The molecule has 1 N–H and O–H groups in total. The maximum absolute atomic E-state index is 13.3. The highest BCUT2D eigenvalue weighted by Crippen LogP contribution is 2.39. The Labute approximate surface area is 266 Å². The van der Waals surface area contributed by atoms with E-state index in [1.807, 2.05) is 4.57 Å². The zero-order valence-electron chi connectivity index (χ0n) is 24.0. The summed E-state index contributed by atoms with van der Waals surface area (Å²) in [5.41, 5.74) is 0.509. The topological polar surface area (TPSA) is 102 Å². The van der Waals surface area contributed by atoms with Crippen molar-refractivity contribution in [3.63, 3.8) is 0 Å². The Bertz CT molecular complexity index is 1890. The van der Waals surface area contributed by atoms with Crippen LogP contribution < -0.4 is 4.74 Å². The van der Waals surface area contributed by atoms with E-state index in [4.69, 9.17) is 27.9 Å². The Hall–Kier alpha value is -3.70. The quantitative estimate of drug-likeness (QED) is 0.240. The molecule has 0 bridgehead atoms. The van der Waals surface area contributed by atoms with Crippen LogP contribution in [0.3, 0.4) is 0 Å². The third-order valence-corrected chi connectivity index (χ3v) is 8.72. The molecule has 1 saturated heterocycles. The van der Waals surface area contributed by atoms with E-state index in [0.717, 1.165) is 35.0 Å². The molecule has 1 fully saturated rings. The van der Waals surface area contributed by atoms with Crippen LogP contribution in [0.15, 0.2) is 65.6 Å². The van der Waals surface area contributed by atoms with Gasteiger partial charge in [0.1, 0.15) is 17.3 Å². The van der Waals surface area contributed by atoms with E-state index < -0.39 is 56.8 Å². The molecule has 4 aromatic rings. The number of rotatable bonds is 3. The number of fused-ring (bicyclic) bond motifs is 3. The molecule has 5 rings (SSSR count). The molecule has 1 unspecified atom stereocenters. The van der Waals surface area contributed by atoms with Crippen molar-refractivity contribution >= 4 is 61.1 Å². The molecule has 9 nitrogen and oxygen atoms in total. The number of nitrogens with zero attached hydrogens (tertiary/aromatic N) is 3. The minimum Gasteiger partial charge on any atom is -0.444 e. The van der Waals surface area contributed by atoms with Crippen molar-refractivity contribution in [2.45, 2.75) is 49.8 Å². The number of hydrogen-bond donors (Lipinski definition) is 1. The molecule has 0 radical (unpaired) electrons. The molecule has 0 saturated carbocycles. The second kappa shape index (κ2) is 11.9. The number of hydrogen-bond acceptors (Lipinski definition) is 6. The lowest BCUT2D eigenvalue weighted by molar-refractivity contribution is -0.274. The molecule has 1 aliphatic heterocycles. The van der Waals surface area contributed by atoms with Crippen molar-refractivity contribution in [2.24, 2.45) is 5.92 Å². The highest BCUT2D eigenvalue weighted by Gasteiger charge is 2.43. The Kier molecular flexibility index (Phi) is 8.65. The summed E-state index contributed by atoms with van der Waals surface area (Å²) in [6.45, 7) is 4.91. The number of carbonyl (C=O) groups is 1. The Morgan fingerprint density at radius 2 is 1.51 bits per heavy atom. The summed E-state index contributed by atoms with van der Waals surface area (Å²) in [5, 5.41) is 14.1. The molecular formula is C30H27Cl2F3N3O6S+. The van der Waals surface area contributed by atoms with Crippen molar-refractivity contribution in [1.82, 2.24) is 9.47 Å². The zero-order chi connectivity index (χ0) is 32.9. The largest absolute Gasteiger partial charge is 0.573 e. The van der Waals surface area contributed by atoms with E-state index in [0.29, 0.717) is 21.1 Å². The number of carbonyl (C=O) groups excluding carboxylic acids is 1. The van der Waals surface area contributed by atoms with Gasteiger partial charge in [0.05, 0.1) is 16.4 Å². The van der Waals surface area contributed by atoms with Gasteiger partial charge in [-0.15, -0.1) is 21.6 Å². The average molecular weight is 686 g/mol. The summed E-state index contributed by atoms with van der Waals surface area (Å²) >= 11 is 12.6. The minimum atomic E-state index is -4.95. The molecule has 238 valence electrons. The third-order valence-electron chi connectivity index (χ3n) is 7.03. The predicted molar refractivity (Wildman–Crippen MR) is 163 cm³/mol. The number of likely N-dealkylation sites (tertiary alicyclic amines) is 1. The van der Waals surface area contributed by atoms with Crippen LogP contribution in [0.2, 0.25) is 10.0 Å². The summed E-state index contributed by atoms with van der Waals surface area (Å²) in [7, 11) is -4.47. The fourth-order valence-electron chi connectivity index (χ4n) is 5.21. The molecule has 1 amide bonds. The summed E-state index contributed by atoms with van der Waals surface area (Å²) in [4.78, 5) is 14.2. The van der Waals surface area contributed by atoms with Gasteiger partial charge in [0.2, 0.25) is 0 Å². The van der Waals surface area contributed by atoms with E-state index in [-0.39, 0.29) is 13.1 Å². The molecule has 0 aliphatic carbocycles. The number of aromatic nitrogens is 1. The van der Waals surface area contributed by atoms with Crippen LogP contribution in [-0.2, 0) is 14.8 Å². The van der Waals surface area contributed by atoms with Gasteiger partial charge in [-0.3, -0.25) is 0 Å². The monoisotopic (exact) mass is 684 g/mol. The van der Waals surface area contributed by atoms with E-state index >= 15 is 0 Å². The molecule has 2 heterocycles. The summed E-state index contributed by atoms with van der Waals surface area (Å²) in [6.07, 6.45) is -6.94. The van der Waals surface area contributed by atoms with Gasteiger partial charge in [-0.2, -0.15) is 0 Å². The van der Waals surface area contributed by atoms with Gasteiger partial charge in [0.15, 0.2) is 4.90 Å². The van der Waals surface area contributed by atoms with Gasteiger partial charge in [0, 0.05) is 44.9 Å². The number of piperidine rings is 1. The molecule has 15 heteroatoms. The first-order valence-corrected chi connectivity index (χ1v) is 15.7. The SMILES string of the molecule is CC(C)(C)OC(=O)N1CC(C#[N+]S(=O)(=O)c2ccc(OC(F)(F)F)cc2)[C@H](O)[C@@H](n2c3ccc(Cl)cc3c3cc(Cl)ccc32)C1. The first-order valence-electron chi connectivity index (χ1n) is 13.5. The number of ether oxygens (including phenoxy) is 2. The standard InChI is InChI=1S/C30H27Cl2F3N3O6S/c1-29(2,3)44-28(40)37-15-17(14-36-45(41,42)21-8-6-20(7-9-21)43-30(33,34)35)27(39)26(16-37)38-24-10-4-18(31)12-22(24)23-13-19(32)5-11-25(23)38/h4-13,17,26-27,39H,15-16H2,1-3H3/q+1/t17?,26-,27-/m0/s1. The van der Waals surface area contributed by atoms with Crippen LogP contribution in [0.5, 0.6) is 5.75 Å². The second-order valence-corrected chi connectivity index (χ2v) is 13.9. The van der Waals surface area contributed by atoms with Crippen molar-refractivity contribution in [3.05, 3.63) is 75.0 Å². The molecule has 45 heavy (non-hydrogen) atoms. The van der Waals surface area contributed by atoms with Crippen LogP contribution in [0.25, 0.3) is 26.1 Å². The van der Waals surface area contributed by atoms with Crippen LogP contribution in [0.4, 0.5) is 18.0 Å². The maximum atomic E-state index is 13.3. The summed E-state index contributed by atoms with van der Waals surface area (Å²) in [5.74, 6) is -1.73. The van der Waals surface area contributed by atoms with Crippen LogP contribution >= 0.6 is 23.2 Å². The molecular weight excluding hydrogens is 658 g/mol. The summed E-state index contributed by atoms with van der Waals surface area (Å²) < 4.78 is 78.4. The number of aliphatic hydroxyl groups excluding tert-OH is 1. The highest BCUT2D eigenvalue weighted by atomic mass is 35.5. The average Bonchev–Trinajstić information content (AvgIpc) is 3.23. The first-order chi connectivity index (χ1) is 20.9. The fourth-order valence-corrected chi connectivity index (χ4v) is 6.41. The van der Waals surface area contributed by atoms with Crippen LogP contribution in [0.1, 0.15) is 26.8 Å². The smallest absolute Gasteiger partial charge is 0.444 e. The van der Waals surface area contributed by atoms with Crippen molar-refractivity contribution in [1.29, 1.82) is 0 Å². The maximum Gasteiger partial charge on any atom is 0.573 e. The molecule has 1 aliphatic rings. The number of halogens is 5. The van der Waals surface area contributed by atoms with Crippen LogP contribution in [-0.4, -0.2) is 60.2 Å². The Morgan fingerprint density at radius 3 is 2.02 bits per heavy atom. The van der Waals surface area contributed by atoms with Gasteiger partial charge in [-0.25, -0.2) is 4.79 Å². The van der Waals surface area contributed by atoms with Gasteiger partial charge in [-0.1, -0.05) is 23.2 Å². The normalized spacial score (nSPS) is 19.3. The van der Waals surface area contributed by atoms with E-state index in [2.05, 4.69) is 15.1 Å². The van der Waals surface area contributed by atoms with Crippen LogP contribution in [0, 0.1) is 12.0 Å². The molecule has 1 aromatic heterocycles.